The summed E-state index contributed by atoms with van der Waals surface area (Å²) in [6, 6.07) is 0. The third-order valence-electron chi connectivity index (χ3n) is 5.14. The Morgan fingerprint density at radius 1 is 0.500 bits per heavy atom. The van der Waals surface area contributed by atoms with Crippen LogP contribution in [0.15, 0.2) is 0 Å². The Hall–Kier alpha value is -0.0301. The molecule has 0 unspecified atom stereocenters. The van der Waals surface area contributed by atoms with E-state index in [0.717, 1.165) is 51.4 Å². The smallest absolute Gasteiger partial charge is 0.427 e. The summed E-state index contributed by atoms with van der Waals surface area (Å²) in [5.41, 5.74) is 0. The molecule has 0 aromatic heterocycles. The van der Waals surface area contributed by atoms with Gasteiger partial charge in [-0.3, -0.25) is 0 Å². The first-order valence-corrected chi connectivity index (χ1v) is 7.30. The monoisotopic (exact) mass is 254 g/mol. The third-order valence-corrected chi connectivity index (χ3v) is 5.14. The zero-order valence-corrected chi connectivity index (χ0v) is 10.9. The van der Waals surface area contributed by atoms with E-state index in [9.17, 15) is 0 Å². The number of hydrogen-bond acceptors (Lipinski definition) is 4. The normalized spacial score (nSPS) is 37.3. The topological polar surface area (TPSA) is 80.9 Å². The van der Waals surface area contributed by atoms with Crippen LogP contribution in [0.1, 0.15) is 51.4 Å². The highest BCUT2D eigenvalue weighted by molar-refractivity contribution is 6.43. The molecule has 6 heteroatoms. The van der Waals surface area contributed by atoms with Crippen LogP contribution in [0.5, 0.6) is 0 Å². The van der Waals surface area contributed by atoms with E-state index in [1.165, 1.54) is 0 Å². The predicted octanol–water partition coefficient (Wildman–Crippen LogP) is 1.05. The van der Waals surface area contributed by atoms with E-state index >= 15 is 0 Å². The SMILES string of the molecule is OB(O)C1CCC(C2CCC(B(O)O)CC2)CC1. The Balaban J connectivity index is 1.75. The summed E-state index contributed by atoms with van der Waals surface area (Å²) in [7, 11) is -2.29. The summed E-state index contributed by atoms with van der Waals surface area (Å²) in [5.74, 6) is 1.54. The van der Waals surface area contributed by atoms with Crippen molar-refractivity contribution in [2.45, 2.75) is 63.0 Å². The van der Waals surface area contributed by atoms with Crippen LogP contribution in [0.4, 0.5) is 0 Å². The molecule has 0 aromatic rings. The van der Waals surface area contributed by atoms with Crippen LogP contribution in [0.3, 0.4) is 0 Å². The molecule has 2 rings (SSSR count). The second kappa shape index (κ2) is 6.42. The van der Waals surface area contributed by atoms with Gasteiger partial charge in [0.1, 0.15) is 0 Å². The van der Waals surface area contributed by atoms with Crippen LogP contribution in [-0.2, 0) is 0 Å². The van der Waals surface area contributed by atoms with Gasteiger partial charge in [0.15, 0.2) is 0 Å². The van der Waals surface area contributed by atoms with Crippen molar-refractivity contribution in [2.24, 2.45) is 11.8 Å². The lowest BCUT2D eigenvalue weighted by molar-refractivity contribution is 0.181. The fourth-order valence-corrected chi connectivity index (χ4v) is 3.83. The lowest BCUT2D eigenvalue weighted by atomic mass is 9.58. The van der Waals surface area contributed by atoms with Gasteiger partial charge in [-0.1, -0.05) is 51.4 Å². The summed E-state index contributed by atoms with van der Waals surface area (Å²) in [6.45, 7) is 0. The van der Waals surface area contributed by atoms with E-state index < -0.39 is 14.2 Å². The lowest BCUT2D eigenvalue weighted by Crippen LogP contribution is -2.31. The van der Waals surface area contributed by atoms with Gasteiger partial charge in [0.25, 0.3) is 0 Å². The molecule has 0 bridgehead atoms. The van der Waals surface area contributed by atoms with Gasteiger partial charge in [0, 0.05) is 0 Å². The molecule has 102 valence electrons. The molecule has 2 aliphatic carbocycles. The molecule has 2 saturated carbocycles. The van der Waals surface area contributed by atoms with Crippen LogP contribution in [0.2, 0.25) is 11.6 Å². The Kier molecular flexibility index (Phi) is 5.13. The van der Waals surface area contributed by atoms with E-state index in [0.29, 0.717) is 11.8 Å². The first kappa shape index (κ1) is 14.4. The standard InChI is InChI=1S/C12H24B2O4/c15-13(16)11-5-1-9(2-6-11)10-3-7-12(8-4-10)14(17)18/h9-12,15-18H,1-8H2. The zero-order valence-electron chi connectivity index (χ0n) is 10.9. The van der Waals surface area contributed by atoms with Gasteiger partial charge in [0.2, 0.25) is 0 Å². The molecule has 0 atom stereocenters. The van der Waals surface area contributed by atoms with E-state index in [1.54, 1.807) is 0 Å². The van der Waals surface area contributed by atoms with E-state index in [4.69, 9.17) is 20.1 Å². The Morgan fingerprint density at radius 2 is 0.778 bits per heavy atom. The minimum absolute atomic E-state index is 0.0665. The molecule has 18 heavy (non-hydrogen) atoms. The summed E-state index contributed by atoms with van der Waals surface area (Å²) < 4.78 is 0. The van der Waals surface area contributed by atoms with Crippen molar-refractivity contribution in [3.63, 3.8) is 0 Å². The van der Waals surface area contributed by atoms with E-state index in [-0.39, 0.29) is 11.6 Å². The molecule has 0 amide bonds. The van der Waals surface area contributed by atoms with E-state index in [1.807, 2.05) is 0 Å². The summed E-state index contributed by atoms with van der Waals surface area (Å²) in [5, 5.41) is 36.7. The number of hydrogen-bond donors (Lipinski definition) is 4. The average molecular weight is 254 g/mol. The summed E-state index contributed by atoms with van der Waals surface area (Å²) in [4.78, 5) is 0. The van der Waals surface area contributed by atoms with Crippen LogP contribution in [0.25, 0.3) is 0 Å². The van der Waals surface area contributed by atoms with Crippen molar-refractivity contribution in [3.05, 3.63) is 0 Å². The molecule has 0 aliphatic heterocycles. The van der Waals surface area contributed by atoms with Crippen molar-refractivity contribution in [1.82, 2.24) is 0 Å². The van der Waals surface area contributed by atoms with Crippen LogP contribution in [-0.4, -0.2) is 34.3 Å². The van der Waals surface area contributed by atoms with Crippen molar-refractivity contribution in [1.29, 1.82) is 0 Å². The Morgan fingerprint density at radius 3 is 1.00 bits per heavy atom. The molecule has 0 saturated heterocycles. The second-order valence-electron chi connectivity index (χ2n) is 6.18. The van der Waals surface area contributed by atoms with Gasteiger partial charge >= 0.3 is 14.2 Å². The second-order valence-corrected chi connectivity index (χ2v) is 6.18. The summed E-state index contributed by atoms with van der Waals surface area (Å²) in [6.07, 6.45) is 8.07. The minimum atomic E-state index is -1.15. The number of rotatable bonds is 3. The third kappa shape index (κ3) is 3.50. The molecule has 0 heterocycles. The van der Waals surface area contributed by atoms with Gasteiger partial charge in [-0.15, -0.1) is 0 Å². The maximum Gasteiger partial charge on any atom is 0.454 e. The predicted molar refractivity (Wildman–Crippen MR) is 71.8 cm³/mol. The van der Waals surface area contributed by atoms with Crippen molar-refractivity contribution < 1.29 is 20.1 Å². The van der Waals surface area contributed by atoms with E-state index in [2.05, 4.69) is 0 Å². The van der Waals surface area contributed by atoms with Gasteiger partial charge < -0.3 is 20.1 Å². The average Bonchev–Trinajstić information content (AvgIpc) is 2.39. The molecule has 2 aliphatic rings. The molecule has 4 N–H and O–H groups in total. The highest BCUT2D eigenvalue weighted by Crippen LogP contribution is 2.44. The molecule has 0 radical (unpaired) electrons. The first-order chi connectivity index (χ1) is 8.58. The van der Waals surface area contributed by atoms with Gasteiger partial charge in [-0.05, 0) is 23.5 Å². The highest BCUT2D eigenvalue weighted by atomic mass is 16.4. The largest absolute Gasteiger partial charge is 0.454 e. The van der Waals surface area contributed by atoms with Crippen LogP contribution in [0, 0.1) is 11.8 Å². The van der Waals surface area contributed by atoms with Crippen molar-refractivity contribution in [2.75, 3.05) is 0 Å². The molecular weight excluding hydrogens is 230 g/mol. The fourth-order valence-electron chi connectivity index (χ4n) is 3.83. The maximum absolute atomic E-state index is 9.17. The van der Waals surface area contributed by atoms with Crippen LogP contribution < -0.4 is 0 Å². The fraction of sp³-hybridized carbons (Fsp3) is 1.00. The maximum atomic E-state index is 9.17. The molecular formula is C12H24B2O4. The molecule has 0 aromatic carbocycles. The Labute approximate surface area is 110 Å². The zero-order chi connectivity index (χ0) is 13.1. The van der Waals surface area contributed by atoms with Gasteiger partial charge in [-0.2, -0.15) is 0 Å². The highest BCUT2D eigenvalue weighted by Gasteiger charge is 2.36. The van der Waals surface area contributed by atoms with Gasteiger partial charge in [0.05, 0.1) is 0 Å². The molecule has 2 fully saturated rings. The summed E-state index contributed by atoms with van der Waals surface area (Å²) >= 11 is 0. The quantitative estimate of drug-likeness (QED) is 0.567. The first-order valence-electron chi connectivity index (χ1n) is 7.30. The molecule has 0 spiro atoms. The van der Waals surface area contributed by atoms with Gasteiger partial charge in [-0.25, -0.2) is 0 Å². The van der Waals surface area contributed by atoms with Crippen molar-refractivity contribution in [3.8, 4) is 0 Å². The Bertz CT molecular complexity index is 220. The minimum Gasteiger partial charge on any atom is -0.427 e. The van der Waals surface area contributed by atoms with Crippen molar-refractivity contribution >= 4 is 14.2 Å². The lowest BCUT2D eigenvalue weighted by Gasteiger charge is -2.37. The molecule has 4 nitrogen and oxygen atoms in total. The van der Waals surface area contributed by atoms with Crippen LogP contribution >= 0.6 is 0 Å².